The van der Waals surface area contributed by atoms with Gasteiger partial charge in [0.05, 0.1) is 11.4 Å². The van der Waals surface area contributed by atoms with Crippen LogP contribution in [-0.4, -0.2) is 15.3 Å². The molecule has 1 amide bonds. The zero-order valence-electron chi connectivity index (χ0n) is 18.1. The number of carbonyl (C=O) groups excluding carboxylic acids is 1. The topological polar surface area (TPSA) is 56.0 Å². The molecular weight excluding hydrogens is 418 g/mol. The van der Waals surface area contributed by atoms with Crippen molar-refractivity contribution in [1.29, 1.82) is 0 Å². The normalized spacial score (nSPS) is 10.8. The Bertz CT molecular complexity index is 1260. The van der Waals surface area contributed by atoms with Gasteiger partial charge < -0.3 is 5.32 Å². The van der Waals surface area contributed by atoms with Crippen LogP contribution in [0.5, 0.6) is 0 Å². The summed E-state index contributed by atoms with van der Waals surface area (Å²) in [5, 5.41) is 2.81. The Morgan fingerprint density at radius 3 is 2.03 bits per heavy atom. The van der Waals surface area contributed by atoms with Gasteiger partial charge in [0.1, 0.15) is 5.69 Å². The fourth-order valence-corrected chi connectivity index (χ4v) is 4.47. The second kappa shape index (κ2) is 9.75. The number of rotatable bonds is 7. The summed E-state index contributed by atoms with van der Waals surface area (Å²) in [7, 11) is 1.81. The minimum atomic E-state index is -0.292. The van der Waals surface area contributed by atoms with Gasteiger partial charge in [-0.05, 0) is 42.3 Å². The molecule has 0 radical (unpaired) electrons. The molecule has 6 heteroatoms. The SMILES string of the molecule is Cc1c(NC(=O)c2ccc(CSCc3ccccc3)cc2)c(=O)n(-c2ccccc2)n1C. The first-order valence-electron chi connectivity index (χ1n) is 10.4. The van der Waals surface area contributed by atoms with Crippen LogP contribution >= 0.6 is 11.8 Å². The van der Waals surface area contributed by atoms with Gasteiger partial charge in [0.2, 0.25) is 0 Å². The number of amides is 1. The monoisotopic (exact) mass is 443 g/mol. The molecule has 0 saturated heterocycles. The van der Waals surface area contributed by atoms with E-state index >= 15 is 0 Å². The number of hydrogen-bond acceptors (Lipinski definition) is 3. The molecule has 4 aromatic rings. The summed E-state index contributed by atoms with van der Waals surface area (Å²) in [6, 6.07) is 27.3. The number of anilines is 1. The van der Waals surface area contributed by atoms with Crippen molar-refractivity contribution in [3.8, 4) is 5.69 Å². The predicted molar refractivity (Wildman–Crippen MR) is 132 cm³/mol. The molecule has 4 rings (SSSR count). The van der Waals surface area contributed by atoms with Gasteiger partial charge in [-0.15, -0.1) is 0 Å². The number of benzene rings is 3. The molecule has 32 heavy (non-hydrogen) atoms. The number of hydrogen-bond donors (Lipinski definition) is 1. The van der Waals surface area contributed by atoms with Crippen LogP contribution in [0.2, 0.25) is 0 Å². The van der Waals surface area contributed by atoms with Crippen molar-refractivity contribution in [2.75, 3.05) is 5.32 Å². The Morgan fingerprint density at radius 1 is 0.844 bits per heavy atom. The fourth-order valence-electron chi connectivity index (χ4n) is 3.51. The molecule has 3 aromatic carbocycles. The highest BCUT2D eigenvalue weighted by molar-refractivity contribution is 7.97. The van der Waals surface area contributed by atoms with Crippen LogP contribution in [0.4, 0.5) is 5.69 Å². The molecule has 0 saturated carbocycles. The second-order valence-corrected chi connectivity index (χ2v) is 8.55. The number of para-hydroxylation sites is 1. The zero-order valence-corrected chi connectivity index (χ0v) is 18.9. The van der Waals surface area contributed by atoms with Gasteiger partial charge >= 0.3 is 0 Å². The van der Waals surface area contributed by atoms with Gasteiger partial charge in [-0.2, -0.15) is 11.8 Å². The van der Waals surface area contributed by atoms with Crippen molar-refractivity contribution in [2.24, 2.45) is 7.05 Å². The molecule has 0 spiro atoms. The average Bonchev–Trinajstić information content (AvgIpc) is 3.03. The maximum atomic E-state index is 13.0. The van der Waals surface area contributed by atoms with Crippen molar-refractivity contribution in [2.45, 2.75) is 18.4 Å². The van der Waals surface area contributed by atoms with Gasteiger partial charge in [-0.25, -0.2) is 4.68 Å². The summed E-state index contributed by atoms with van der Waals surface area (Å²) in [5.41, 5.74) is 4.47. The third-order valence-corrected chi connectivity index (χ3v) is 6.46. The summed E-state index contributed by atoms with van der Waals surface area (Å²) in [4.78, 5) is 25.8. The quantitative estimate of drug-likeness (QED) is 0.429. The lowest BCUT2D eigenvalue weighted by molar-refractivity contribution is 0.102. The van der Waals surface area contributed by atoms with Crippen molar-refractivity contribution < 1.29 is 4.79 Å². The minimum absolute atomic E-state index is 0.251. The highest BCUT2D eigenvalue weighted by Crippen LogP contribution is 2.19. The van der Waals surface area contributed by atoms with E-state index in [1.54, 1.807) is 16.4 Å². The van der Waals surface area contributed by atoms with E-state index in [-0.39, 0.29) is 11.5 Å². The molecule has 0 atom stereocenters. The zero-order chi connectivity index (χ0) is 22.5. The predicted octanol–water partition coefficient (Wildman–Crippen LogP) is 5.17. The van der Waals surface area contributed by atoms with Gasteiger partial charge in [-0.3, -0.25) is 14.3 Å². The summed E-state index contributed by atoms with van der Waals surface area (Å²) >= 11 is 1.84. The van der Waals surface area contributed by atoms with E-state index in [1.165, 1.54) is 5.56 Å². The van der Waals surface area contributed by atoms with Gasteiger partial charge in [0.15, 0.2) is 0 Å². The van der Waals surface area contributed by atoms with Crippen LogP contribution in [0.15, 0.2) is 89.7 Å². The lowest BCUT2D eigenvalue weighted by Crippen LogP contribution is -2.22. The first kappa shape index (κ1) is 21.7. The van der Waals surface area contributed by atoms with E-state index in [1.807, 2.05) is 91.5 Å². The molecular formula is C26H25N3O2S. The third kappa shape index (κ3) is 4.70. The Labute approximate surface area is 191 Å². The van der Waals surface area contributed by atoms with Crippen molar-refractivity contribution in [1.82, 2.24) is 9.36 Å². The number of carbonyl (C=O) groups is 1. The number of nitrogens with zero attached hydrogens (tertiary/aromatic N) is 2. The maximum absolute atomic E-state index is 13.0. The van der Waals surface area contributed by atoms with Crippen LogP contribution in [0, 0.1) is 6.92 Å². The molecule has 162 valence electrons. The van der Waals surface area contributed by atoms with E-state index in [0.717, 1.165) is 22.8 Å². The molecule has 0 fully saturated rings. The van der Waals surface area contributed by atoms with Crippen LogP contribution in [-0.2, 0) is 18.6 Å². The third-order valence-electron chi connectivity index (χ3n) is 5.39. The highest BCUT2D eigenvalue weighted by Gasteiger charge is 2.18. The smallest absolute Gasteiger partial charge is 0.295 e. The summed E-state index contributed by atoms with van der Waals surface area (Å²) in [5.74, 6) is 1.53. The van der Waals surface area contributed by atoms with Crippen LogP contribution in [0.3, 0.4) is 0 Å². The Morgan fingerprint density at radius 2 is 1.41 bits per heavy atom. The molecule has 1 N–H and O–H groups in total. The lowest BCUT2D eigenvalue weighted by atomic mass is 10.1. The molecule has 5 nitrogen and oxygen atoms in total. The number of nitrogens with one attached hydrogen (secondary N) is 1. The van der Waals surface area contributed by atoms with Crippen molar-refractivity contribution in [3.63, 3.8) is 0 Å². The average molecular weight is 444 g/mol. The lowest BCUT2D eigenvalue weighted by Gasteiger charge is -2.07. The van der Waals surface area contributed by atoms with Gasteiger partial charge in [-0.1, -0.05) is 60.7 Å². The van der Waals surface area contributed by atoms with Crippen LogP contribution < -0.4 is 10.9 Å². The largest absolute Gasteiger partial charge is 0.316 e. The Hall–Kier alpha value is -3.51. The first-order chi connectivity index (χ1) is 15.5. The molecule has 0 aliphatic carbocycles. The number of thioether (sulfide) groups is 1. The van der Waals surface area contributed by atoms with E-state index < -0.39 is 0 Å². The van der Waals surface area contributed by atoms with Crippen molar-refractivity contribution >= 4 is 23.4 Å². The molecule has 0 aliphatic rings. The highest BCUT2D eigenvalue weighted by atomic mass is 32.2. The summed E-state index contributed by atoms with van der Waals surface area (Å²) in [6.07, 6.45) is 0. The summed E-state index contributed by atoms with van der Waals surface area (Å²) in [6.45, 7) is 1.82. The van der Waals surface area contributed by atoms with E-state index in [9.17, 15) is 9.59 Å². The number of aromatic nitrogens is 2. The second-order valence-electron chi connectivity index (χ2n) is 7.57. The van der Waals surface area contributed by atoms with E-state index in [4.69, 9.17) is 0 Å². The van der Waals surface area contributed by atoms with Crippen LogP contribution in [0.25, 0.3) is 5.69 Å². The Balaban J connectivity index is 1.44. The molecule has 0 bridgehead atoms. The van der Waals surface area contributed by atoms with E-state index in [2.05, 4.69) is 17.4 Å². The minimum Gasteiger partial charge on any atom is -0.316 e. The first-order valence-corrected chi connectivity index (χ1v) is 11.6. The van der Waals surface area contributed by atoms with Crippen LogP contribution in [0.1, 0.15) is 27.2 Å². The molecule has 0 aliphatic heterocycles. The van der Waals surface area contributed by atoms with Gasteiger partial charge in [0, 0.05) is 24.1 Å². The molecule has 0 unspecified atom stereocenters. The summed E-state index contributed by atoms with van der Waals surface area (Å²) < 4.78 is 3.30. The Kier molecular flexibility index (Phi) is 6.61. The van der Waals surface area contributed by atoms with E-state index in [0.29, 0.717) is 16.9 Å². The maximum Gasteiger partial charge on any atom is 0.295 e. The molecule has 1 aromatic heterocycles. The molecule has 1 heterocycles. The fraction of sp³-hybridized carbons (Fsp3) is 0.154. The van der Waals surface area contributed by atoms with Gasteiger partial charge in [0.25, 0.3) is 11.5 Å². The van der Waals surface area contributed by atoms with Crippen molar-refractivity contribution in [3.05, 3.63) is 118 Å². The standard InChI is InChI=1S/C26H25N3O2S/c1-19-24(26(31)29(28(19)2)23-11-7-4-8-12-23)27-25(30)22-15-13-21(14-16-22)18-32-17-20-9-5-3-6-10-20/h3-16H,17-18H2,1-2H3,(H,27,30).